The Kier molecular flexibility index (Phi) is 7.36. The number of aryl methyl sites for hydroxylation is 1. The number of hydrogen-bond donors (Lipinski definition) is 1. The summed E-state index contributed by atoms with van der Waals surface area (Å²) in [5, 5.41) is 7.97. The Morgan fingerprint density at radius 3 is 2.61 bits per heavy atom. The summed E-state index contributed by atoms with van der Waals surface area (Å²) in [4.78, 5) is 26.9. The molecular weight excluding hydrogens is 439 g/mol. The number of nitrogens with zero attached hydrogens (tertiary/aromatic N) is 2. The molecule has 2 aromatic rings. The molecule has 0 saturated carbocycles. The summed E-state index contributed by atoms with van der Waals surface area (Å²) in [5.74, 6) is 1.42. The van der Waals surface area contributed by atoms with E-state index in [0.717, 1.165) is 0 Å². The number of aromatic carboxylic acids is 1. The zero-order valence-corrected chi connectivity index (χ0v) is 19.3. The topological polar surface area (TPSA) is 70.1 Å². The van der Waals surface area contributed by atoms with Crippen LogP contribution in [-0.2, 0) is 10.0 Å². The maximum Gasteiger partial charge on any atom is 0.335 e. The molecule has 1 amide bonds. The van der Waals surface area contributed by atoms with Crippen LogP contribution in [0.3, 0.4) is 0 Å². The van der Waals surface area contributed by atoms with Crippen LogP contribution in [0.4, 0.5) is 4.39 Å². The van der Waals surface area contributed by atoms with E-state index in [-0.39, 0.29) is 17.3 Å². The molecule has 3 rings (SSSR count). The van der Waals surface area contributed by atoms with Gasteiger partial charge in [0.25, 0.3) is 0 Å². The number of ether oxygens (including phenoxy) is 1. The van der Waals surface area contributed by atoms with E-state index in [9.17, 15) is 14.0 Å². The van der Waals surface area contributed by atoms with E-state index in [2.05, 4.69) is 22.7 Å². The van der Waals surface area contributed by atoms with E-state index in [0.29, 0.717) is 43.1 Å². The van der Waals surface area contributed by atoms with Gasteiger partial charge in [0, 0.05) is 26.2 Å². The summed E-state index contributed by atoms with van der Waals surface area (Å²) in [7, 11) is 3.74. The van der Waals surface area contributed by atoms with E-state index in [4.69, 9.17) is 16.3 Å². The first kappa shape index (κ1) is 24.2. The van der Waals surface area contributed by atoms with Crippen molar-refractivity contribution in [1.82, 2.24) is 9.80 Å². The van der Waals surface area contributed by atoms with Gasteiger partial charge in [0.05, 0.1) is 15.8 Å². The highest BCUT2D eigenvalue weighted by molar-refractivity contribution is 6.15. The highest BCUT2D eigenvalue weighted by atomic mass is 28.1. The molecule has 1 saturated heterocycles. The molecule has 0 aliphatic carbocycles. The van der Waals surface area contributed by atoms with Gasteiger partial charge >= 0.3 is 5.97 Å². The predicted molar refractivity (Wildman–Crippen MR) is 124 cm³/mol. The summed E-state index contributed by atoms with van der Waals surface area (Å²) in [5.41, 5.74) is 1.18. The molecule has 1 heterocycles. The third-order valence-corrected chi connectivity index (χ3v) is 6.14. The van der Waals surface area contributed by atoms with E-state index in [1.54, 1.807) is 36.1 Å². The highest BCUT2D eigenvalue weighted by Gasteiger charge is 2.36. The summed E-state index contributed by atoms with van der Waals surface area (Å²) in [6, 6.07) is 10.4. The number of hydrogen-bond acceptors (Lipinski definition) is 4. The molecule has 6 nitrogen and oxygen atoms in total. The number of rotatable bonds is 7. The van der Waals surface area contributed by atoms with Crippen molar-refractivity contribution in [2.45, 2.75) is 18.2 Å². The first-order valence-electron chi connectivity index (χ1n) is 10.3. The molecule has 8 heteroatoms. The maximum absolute atomic E-state index is 14.4. The van der Waals surface area contributed by atoms with Crippen molar-refractivity contribution in [3.63, 3.8) is 0 Å². The number of terminal acetylenes is 1. The van der Waals surface area contributed by atoms with Crippen molar-refractivity contribution in [2.24, 2.45) is 0 Å². The molecule has 1 aliphatic heterocycles. The van der Waals surface area contributed by atoms with Crippen LogP contribution in [0, 0.1) is 25.1 Å². The fraction of sp³-hybridized carbons (Fsp3) is 0.280. The third kappa shape index (κ3) is 5.50. The van der Waals surface area contributed by atoms with Gasteiger partial charge in [-0.2, -0.15) is 0 Å². The Morgan fingerprint density at radius 2 is 2.03 bits per heavy atom. The van der Waals surface area contributed by atoms with Crippen LogP contribution < -0.4 is 4.74 Å². The van der Waals surface area contributed by atoms with Gasteiger partial charge in [0.1, 0.15) is 22.8 Å². The SMILES string of the molecule is C#C[C@@H]1CN(C[C@]([Si])(Oc2ccc(C(=O)O)cc2)c2ccc(C)c(F)c2)CCN1C(=O)C=C. The Balaban J connectivity index is 1.89. The molecule has 3 radical (unpaired) electrons. The van der Waals surface area contributed by atoms with Crippen molar-refractivity contribution in [3.8, 4) is 18.1 Å². The van der Waals surface area contributed by atoms with Crippen LogP contribution in [0.2, 0.25) is 0 Å². The van der Waals surface area contributed by atoms with E-state index in [1.807, 2.05) is 4.90 Å². The summed E-state index contributed by atoms with van der Waals surface area (Å²) in [6.07, 6.45) is 6.92. The fourth-order valence-corrected chi connectivity index (χ4v) is 4.21. The Bertz CT molecular complexity index is 1100. The molecule has 2 aromatic carbocycles. The standard InChI is InChI=1S/C25H24FN2O4Si/c1-4-20-15-27(12-13-28(20)23(29)5-2)16-25(33,19-9-6-17(3)22(26)14-19)32-21-10-7-18(8-11-21)24(30)31/h1,5-11,14,20H,2,12-13,15-16H2,3H3,(H,30,31)/t20-,25-/m1/s1. The number of piperazine rings is 1. The molecule has 1 fully saturated rings. The van der Waals surface area contributed by atoms with Gasteiger partial charge in [0.15, 0.2) is 0 Å². The minimum atomic E-state index is -1.16. The molecule has 169 valence electrons. The van der Waals surface area contributed by atoms with Crippen molar-refractivity contribution < 1.29 is 23.8 Å². The lowest BCUT2D eigenvalue weighted by Crippen LogP contribution is -2.57. The van der Waals surface area contributed by atoms with Gasteiger partial charge in [-0.05, 0) is 54.5 Å². The Labute approximate surface area is 196 Å². The van der Waals surface area contributed by atoms with E-state index in [1.165, 1.54) is 24.3 Å². The first-order valence-corrected chi connectivity index (χ1v) is 10.8. The van der Waals surface area contributed by atoms with Crippen molar-refractivity contribution in [3.05, 3.63) is 77.6 Å². The zero-order valence-electron chi connectivity index (χ0n) is 18.3. The smallest absolute Gasteiger partial charge is 0.335 e. The lowest BCUT2D eigenvalue weighted by molar-refractivity contribution is -0.129. The minimum absolute atomic E-state index is 0.128. The number of carbonyl (C=O) groups is 2. The number of carboxylic acid groups (broad SMARTS) is 1. The Morgan fingerprint density at radius 1 is 1.33 bits per heavy atom. The van der Waals surface area contributed by atoms with Crippen LogP contribution in [0.25, 0.3) is 0 Å². The van der Waals surface area contributed by atoms with Crippen LogP contribution >= 0.6 is 0 Å². The monoisotopic (exact) mass is 463 g/mol. The molecule has 0 aromatic heterocycles. The van der Waals surface area contributed by atoms with Gasteiger partial charge in [-0.15, -0.1) is 6.42 Å². The van der Waals surface area contributed by atoms with Crippen LogP contribution in [0.5, 0.6) is 5.75 Å². The molecule has 33 heavy (non-hydrogen) atoms. The van der Waals surface area contributed by atoms with Crippen LogP contribution in [0.15, 0.2) is 55.1 Å². The highest BCUT2D eigenvalue weighted by Crippen LogP contribution is 2.29. The van der Waals surface area contributed by atoms with Crippen LogP contribution in [-0.4, -0.2) is 69.2 Å². The average molecular weight is 464 g/mol. The lowest BCUT2D eigenvalue weighted by atomic mass is 10.0. The zero-order chi connectivity index (χ0) is 24.2. The second-order valence-electron chi connectivity index (χ2n) is 7.88. The third-order valence-electron chi connectivity index (χ3n) is 5.59. The maximum atomic E-state index is 14.4. The van der Waals surface area contributed by atoms with E-state index < -0.39 is 17.2 Å². The number of amides is 1. The molecule has 2 atom stereocenters. The van der Waals surface area contributed by atoms with Crippen molar-refractivity contribution in [1.29, 1.82) is 0 Å². The van der Waals surface area contributed by atoms with E-state index >= 15 is 0 Å². The molecule has 0 spiro atoms. The molecule has 1 aliphatic rings. The summed E-state index contributed by atoms with van der Waals surface area (Å²) in [6.45, 7) is 6.84. The minimum Gasteiger partial charge on any atom is -0.486 e. The number of carboxylic acids is 1. The first-order chi connectivity index (χ1) is 15.7. The van der Waals surface area contributed by atoms with Crippen LogP contribution in [0.1, 0.15) is 21.5 Å². The average Bonchev–Trinajstić information content (AvgIpc) is 2.80. The van der Waals surface area contributed by atoms with Gasteiger partial charge in [-0.3, -0.25) is 9.69 Å². The molecular formula is C25H24FN2O4Si. The second kappa shape index (κ2) is 10.0. The van der Waals surface area contributed by atoms with Crippen molar-refractivity contribution in [2.75, 3.05) is 26.2 Å². The van der Waals surface area contributed by atoms with Gasteiger partial charge in [-0.1, -0.05) is 24.6 Å². The molecule has 0 unspecified atom stereocenters. The quantitative estimate of drug-likeness (QED) is 0.388. The van der Waals surface area contributed by atoms with Crippen molar-refractivity contribution >= 4 is 22.1 Å². The molecule has 1 N–H and O–H groups in total. The number of carbonyl (C=O) groups excluding carboxylic acids is 1. The normalized spacial score (nSPS) is 18.1. The lowest BCUT2D eigenvalue weighted by Gasteiger charge is -2.43. The van der Waals surface area contributed by atoms with Gasteiger partial charge in [-0.25, -0.2) is 9.18 Å². The Hall–Kier alpha value is -3.41. The predicted octanol–water partition coefficient (Wildman–Crippen LogP) is 2.56. The summed E-state index contributed by atoms with van der Waals surface area (Å²) >= 11 is 0. The number of benzene rings is 2. The largest absolute Gasteiger partial charge is 0.486 e. The van der Waals surface area contributed by atoms with Gasteiger partial charge in [0.2, 0.25) is 5.91 Å². The molecule has 0 bridgehead atoms. The second-order valence-corrected chi connectivity index (χ2v) is 8.68. The number of halogens is 1. The summed E-state index contributed by atoms with van der Waals surface area (Å²) < 4.78 is 20.7. The van der Waals surface area contributed by atoms with Gasteiger partial charge < -0.3 is 14.7 Å². The fourth-order valence-electron chi connectivity index (χ4n) is 3.71.